The van der Waals surface area contributed by atoms with Crippen molar-refractivity contribution in [3.8, 4) is 0 Å². The molecule has 4 nitrogen and oxygen atoms in total. The minimum atomic E-state index is -0.980. The molecule has 0 aromatic heterocycles. The SMILES string of the molecule is C[CH-]C(=O)NC(CCC)C(=O)O.[Y]. The monoisotopic (exact) mass is 261 g/mol. The van der Waals surface area contributed by atoms with E-state index in [0.29, 0.717) is 6.42 Å². The van der Waals surface area contributed by atoms with Crippen LogP contribution in [0, 0.1) is 6.42 Å². The van der Waals surface area contributed by atoms with Crippen LogP contribution in [0.4, 0.5) is 0 Å². The molecule has 0 rings (SSSR count). The summed E-state index contributed by atoms with van der Waals surface area (Å²) in [6, 6.07) is -0.751. The molecule has 0 fully saturated rings. The quantitative estimate of drug-likeness (QED) is 0.711. The fourth-order valence-electron chi connectivity index (χ4n) is 0.801. The van der Waals surface area contributed by atoms with Crippen LogP contribution in [-0.4, -0.2) is 23.0 Å². The van der Waals surface area contributed by atoms with Crippen LogP contribution >= 0.6 is 0 Å². The van der Waals surface area contributed by atoms with Crippen LogP contribution in [0.3, 0.4) is 0 Å². The van der Waals surface area contributed by atoms with Crippen molar-refractivity contribution in [3.05, 3.63) is 6.42 Å². The molecule has 0 aromatic rings. The number of carbonyl (C=O) groups is 2. The largest absolute Gasteiger partial charge is 0.480 e. The van der Waals surface area contributed by atoms with Gasteiger partial charge in [0.1, 0.15) is 6.04 Å². The van der Waals surface area contributed by atoms with Crippen molar-refractivity contribution in [2.45, 2.75) is 32.7 Å². The van der Waals surface area contributed by atoms with Crippen molar-refractivity contribution >= 4 is 11.9 Å². The Morgan fingerprint density at radius 2 is 2.08 bits per heavy atom. The van der Waals surface area contributed by atoms with E-state index in [9.17, 15) is 9.59 Å². The van der Waals surface area contributed by atoms with Crippen molar-refractivity contribution in [2.75, 3.05) is 0 Å². The van der Waals surface area contributed by atoms with Crippen LogP contribution in [0.2, 0.25) is 0 Å². The van der Waals surface area contributed by atoms with E-state index in [1.54, 1.807) is 6.92 Å². The Morgan fingerprint density at radius 3 is 2.38 bits per heavy atom. The summed E-state index contributed by atoms with van der Waals surface area (Å²) in [5.41, 5.74) is 0. The third kappa shape index (κ3) is 7.02. The molecule has 1 radical (unpaired) electrons. The number of rotatable bonds is 5. The number of nitrogens with one attached hydrogen (secondary N) is 1. The second-order valence-corrected chi connectivity index (χ2v) is 2.48. The molecule has 0 spiro atoms. The first-order valence-corrected chi connectivity index (χ1v) is 3.94. The molecule has 0 aromatic carbocycles. The minimum absolute atomic E-state index is 0. The van der Waals surface area contributed by atoms with E-state index >= 15 is 0 Å². The van der Waals surface area contributed by atoms with Crippen molar-refractivity contribution in [1.29, 1.82) is 0 Å². The molecule has 1 atom stereocenters. The third-order valence-electron chi connectivity index (χ3n) is 1.45. The Hall–Kier alpha value is -0.0861. The summed E-state index contributed by atoms with van der Waals surface area (Å²) in [4.78, 5) is 21.3. The predicted octanol–water partition coefficient (Wildman–Crippen LogP) is 0.578. The van der Waals surface area contributed by atoms with E-state index in [1.807, 2.05) is 6.92 Å². The van der Waals surface area contributed by atoms with Gasteiger partial charge < -0.3 is 21.6 Å². The van der Waals surface area contributed by atoms with Gasteiger partial charge in [0, 0.05) is 32.7 Å². The minimum Gasteiger partial charge on any atom is -0.480 e. The normalized spacial score (nSPS) is 10.9. The Kier molecular flexibility index (Phi) is 10.1. The summed E-state index contributed by atoms with van der Waals surface area (Å²) in [7, 11) is 0. The standard InChI is InChI=1S/C8H14NO3.Y/c1-3-5-6(8(11)12)9-7(10)4-2;/h4,6H,3,5H2,1-2H3,(H,9,10)(H,11,12);/q-1;. The number of carboxylic acid groups (broad SMARTS) is 1. The molecule has 73 valence electrons. The van der Waals surface area contributed by atoms with Crippen LogP contribution in [-0.2, 0) is 42.3 Å². The molecule has 1 amide bonds. The first-order valence-electron chi connectivity index (χ1n) is 3.94. The van der Waals surface area contributed by atoms with Gasteiger partial charge in [-0.1, -0.05) is 13.3 Å². The van der Waals surface area contributed by atoms with Crippen molar-refractivity contribution in [3.63, 3.8) is 0 Å². The van der Waals surface area contributed by atoms with Crippen LogP contribution in [0.1, 0.15) is 26.7 Å². The Bertz CT molecular complexity index is 171. The van der Waals surface area contributed by atoms with E-state index in [1.165, 1.54) is 6.42 Å². The Morgan fingerprint density at radius 1 is 1.54 bits per heavy atom. The number of amides is 1. The van der Waals surface area contributed by atoms with Crippen molar-refractivity contribution < 1.29 is 47.4 Å². The first kappa shape index (κ1) is 15.4. The fourth-order valence-corrected chi connectivity index (χ4v) is 0.801. The van der Waals surface area contributed by atoms with E-state index < -0.39 is 12.0 Å². The van der Waals surface area contributed by atoms with Gasteiger partial charge in [-0.2, -0.15) is 6.92 Å². The van der Waals surface area contributed by atoms with Crippen molar-refractivity contribution in [2.24, 2.45) is 0 Å². The first-order chi connectivity index (χ1) is 5.61. The summed E-state index contributed by atoms with van der Waals surface area (Å²) >= 11 is 0. The zero-order valence-electron chi connectivity index (χ0n) is 7.91. The molecule has 0 heterocycles. The smallest absolute Gasteiger partial charge is 0.326 e. The molecular formula is C8H14NO3Y-. The van der Waals surface area contributed by atoms with E-state index in [-0.39, 0.29) is 38.6 Å². The van der Waals surface area contributed by atoms with E-state index in [2.05, 4.69) is 5.32 Å². The van der Waals surface area contributed by atoms with Gasteiger partial charge in [0.25, 0.3) is 0 Å². The molecule has 1 unspecified atom stereocenters. The number of aliphatic carboxylic acids is 1. The van der Waals surface area contributed by atoms with Gasteiger partial charge in [-0.15, -0.1) is 0 Å². The summed E-state index contributed by atoms with van der Waals surface area (Å²) in [5, 5.41) is 11.0. The van der Waals surface area contributed by atoms with Crippen molar-refractivity contribution in [1.82, 2.24) is 5.32 Å². The van der Waals surface area contributed by atoms with Crippen LogP contribution in [0.25, 0.3) is 0 Å². The molecule has 0 saturated heterocycles. The second-order valence-electron chi connectivity index (χ2n) is 2.48. The van der Waals surface area contributed by atoms with E-state index in [0.717, 1.165) is 6.42 Å². The average molecular weight is 261 g/mol. The summed E-state index contributed by atoms with van der Waals surface area (Å²) < 4.78 is 0. The van der Waals surface area contributed by atoms with Gasteiger partial charge in [-0.3, -0.25) is 0 Å². The van der Waals surface area contributed by atoms with Gasteiger partial charge in [-0.25, -0.2) is 4.79 Å². The molecule has 0 aliphatic rings. The number of carboxylic acids is 1. The third-order valence-corrected chi connectivity index (χ3v) is 1.45. The maximum atomic E-state index is 10.8. The second kappa shape index (κ2) is 8.51. The van der Waals surface area contributed by atoms with Gasteiger partial charge in [-0.05, 0) is 6.42 Å². The van der Waals surface area contributed by atoms with Crippen LogP contribution in [0.5, 0.6) is 0 Å². The number of carbonyl (C=O) groups excluding carboxylic acids is 1. The summed E-state index contributed by atoms with van der Waals surface area (Å²) in [6.07, 6.45) is 2.52. The number of hydrogen-bond donors (Lipinski definition) is 2. The van der Waals surface area contributed by atoms with Gasteiger partial charge in [0.2, 0.25) is 0 Å². The summed E-state index contributed by atoms with van der Waals surface area (Å²) in [6.45, 7) is 3.44. The molecule has 13 heavy (non-hydrogen) atoms. The molecule has 0 saturated carbocycles. The zero-order valence-corrected chi connectivity index (χ0v) is 10.7. The Balaban J connectivity index is 0. The molecule has 2 N–H and O–H groups in total. The van der Waals surface area contributed by atoms with Crippen LogP contribution in [0.15, 0.2) is 0 Å². The van der Waals surface area contributed by atoms with Gasteiger partial charge in [0.05, 0.1) is 5.91 Å². The Labute approximate surface area is 103 Å². The topological polar surface area (TPSA) is 66.4 Å². The molecular weight excluding hydrogens is 247 g/mol. The predicted molar refractivity (Wildman–Crippen MR) is 44.4 cm³/mol. The molecule has 0 aliphatic heterocycles. The summed E-state index contributed by atoms with van der Waals surface area (Å²) in [5.74, 6) is -1.32. The van der Waals surface area contributed by atoms with Gasteiger partial charge in [0.15, 0.2) is 0 Å². The molecule has 5 heteroatoms. The van der Waals surface area contributed by atoms with E-state index in [4.69, 9.17) is 5.11 Å². The maximum Gasteiger partial charge on any atom is 0.326 e. The van der Waals surface area contributed by atoms with Gasteiger partial charge >= 0.3 is 5.97 Å². The molecule has 0 aliphatic carbocycles. The maximum absolute atomic E-state index is 10.8. The average Bonchev–Trinajstić information content (AvgIpc) is 2.03. The fraction of sp³-hybridized carbons (Fsp3) is 0.625. The van der Waals surface area contributed by atoms with Crippen LogP contribution < -0.4 is 5.32 Å². The zero-order chi connectivity index (χ0) is 9.56. The molecule has 0 bridgehead atoms. The number of hydrogen-bond acceptors (Lipinski definition) is 2.